The van der Waals surface area contributed by atoms with Gasteiger partial charge in [0.25, 0.3) is 0 Å². The van der Waals surface area contributed by atoms with Crippen LogP contribution in [-0.4, -0.2) is 16.2 Å². The zero-order chi connectivity index (χ0) is 43.9. The number of aromatic nitrogens is 2. The van der Waals surface area contributed by atoms with Crippen molar-refractivity contribution in [2.75, 3.05) is 21.4 Å². The van der Waals surface area contributed by atoms with Crippen molar-refractivity contribution in [2.24, 2.45) is 0 Å². The predicted octanol–water partition coefficient (Wildman–Crippen LogP) is 16.7. The summed E-state index contributed by atoms with van der Waals surface area (Å²) >= 11 is 5.69. The molecule has 0 amide bonds. The van der Waals surface area contributed by atoms with Crippen molar-refractivity contribution in [3.05, 3.63) is 163 Å². The lowest BCUT2D eigenvalue weighted by Gasteiger charge is -2.43. The summed E-state index contributed by atoms with van der Waals surface area (Å²) in [6.45, 7) is 14.2. The maximum absolute atomic E-state index is 6.98. The summed E-state index contributed by atoms with van der Waals surface area (Å²) in [4.78, 5) is 20.2. The van der Waals surface area contributed by atoms with Crippen LogP contribution in [0.4, 0.5) is 39.8 Å². The first kappa shape index (κ1) is 39.1. The van der Waals surface area contributed by atoms with Gasteiger partial charge < -0.3 is 19.4 Å². The Morgan fingerprint density at radius 2 is 1.05 bits per heavy atom. The fourth-order valence-electron chi connectivity index (χ4n) is 9.86. The SMILES string of the molecule is CC(C)(C)c1cc(Oc2ccc3c4ccccc4n(-c4cc(C(C)(C)C)ccn4)c3c2)cc(N2CN(c3cc4c5c(c3)Sc3cccc6c3N5c3c(cccc3S4)S6)c3ccccc32)c1. The molecule has 7 aromatic carbocycles. The molecule has 0 bridgehead atoms. The lowest BCUT2D eigenvalue weighted by atomic mass is 9.86. The molecule has 0 N–H and O–H groups in total. The molecule has 0 unspecified atom stereocenters. The summed E-state index contributed by atoms with van der Waals surface area (Å²) in [5, 5.41) is 2.36. The Labute approximate surface area is 392 Å². The molecule has 4 aliphatic heterocycles. The molecule has 6 heterocycles. The fraction of sp³-hybridized carbons (Fsp3) is 0.161. The molecule has 9 aromatic rings. The quantitative estimate of drug-likeness (QED) is 0.169. The highest BCUT2D eigenvalue weighted by atomic mass is 32.2. The number of pyridine rings is 1. The van der Waals surface area contributed by atoms with E-state index >= 15 is 0 Å². The van der Waals surface area contributed by atoms with E-state index in [0.717, 1.165) is 34.0 Å². The lowest BCUT2D eigenvalue weighted by molar-refractivity contribution is 0.479. The van der Waals surface area contributed by atoms with Gasteiger partial charge in [-0.2, -0.15) is 0 Å². The number of benzene rings is 7. The molecule has 0 saturated heterocycles. The third kappa shape index (κ3) is 6.15. The Hall–Kier alpha value is -6.26. The number of rotatable bonds is 5. The van der Waals surface area contributed by atoms with Crippen molar-refractivity contribution in [1.82, 2.24) is 9.55 Å². The van der Waals surface area contributed by atoms with Crippen LogP contribution in [0.5, 0.6) is 11.5 Å². The largest absolute Gasteiger partial charge is 0.457 e. The average molecular weight is 900 g/mol. The van der Waals surface area contributed by atoms with Gasteiger partial charge in [0.15, 0.2) is 0 Å². The van der Waals surface area contributed by atoms with E-state index in [1.54, 1.807) is 0 Å². The van der Waals surface area contributed by atoms with Gasteiger partial charge in [-0.05, 0) is 113 Å². The predicted molar refractivity (Wildman–Crippen MR) is 272 cm³/mol. The Balaban J connectivity index is 0.892. The van der Waals surface area contributed by atoms with Crippen LogP contribution in [0.15, 0.2) is 181 Å². The fourth-order valence-corrected chi connectivity index (χ4v) is 13.5. The number of hydrogen-bond acceptors (Lipinski definition) is 8. The second-order valence-corrected chi connectivity index (χ2v) is 22.6. The molecule has 0 aliphatic carbocycles. The number of fused-ring (bicyclic) bond motifs is 4. The summed E-state index contributed by atoms with van der Waals surface area (Å²) in [7, 11) is 0. The Morgan fingerprint density at radius 1 is 0.477 bits per heavy atom. The van der Waals surface area contributed by atoms with Crippen LogP contribution in [-0.2, 0) is 10.8 Å². The number of nitrogens with zero attached hydrogens (tertiary/aromatic N) is 5. The van der Waals surface area contributed by atoms with Gasteiger partial charge in [0.05, 0.1) is 39.5 Å². The number of anilines is 7. The smallest absolute Gasteiger partial charge is 0.137 e. The monoisotopic (exact) mass is 899 g/mol. The van der Waals surface area contributed by atoms with Crippen LogP contribution in [0.25, 0.3) is 27.6 Å². The highest BCUT2D eigenvalue weighted by molar-refractivity contribution is 8.01. The lowest BCUT2D eigenvalue weighted by Crippen LogP contribution is -2.26. The van der Waals surface area contributed by atoms with E-state index in [1.807, 2.05) is 41.5 Å². The molecule has 0 saturated carbocycles. The molecule has 0 fully saturated rings. The molecule has 318 valence electrons. The molecule has 9 heteroatoms. The molecule has 4 aliphatic rings. The van der Waals surface area contributed by atoms with Gasteiger partial charge in [0.1, 0.15) is 24.0 Å². The van der Waals surface area contributed by atoms with Gasteiger partial charge in [0.2, 0.25) is 0 Å². The third-order valence-corrected chi connectivity index (χ3v) is 16.4. The third-order valence-electron chi connectivity index (χ3n) is 13.1. The highest BCUT2D eigenvalue weighted by Crippen LogP contribution is 2.67. The maximum Gasteiger partial charge on any atom is 0.137 e. The van der Waals surface area contributed by atoms with E-state index in [9.17, 15) is 0 Å². The Bertz CT molecular complexity index is 3410. The van der Waals surface area contributed by atoms with E-state index in [2.05, 4.69) is 206 Å². The van der Waals surface area contributed by atoms with E-state index < -0.39 is 0 Å². The first-order chi connectivity index (χ1) is 31.4. The minimum atomic E-state index is -0.123. The topological polar surface area (TPSA) is 36.8 Å². The summed E-state index contributed by atoms with van der Waals surface area (Å²) in [6, 6.07) is 53.4. The standard InChI is InChI=1S/C56H45N5OS3/c1-55(2,3)33-23-24-57-51(27-33)60-41-14-8-7-13-39(41)40-22-21-37(31-44(40)60)62-38-26-34(56(4,5)6)25-35(28-38)58-32-59(43-16-10-9-15-42(43)58)36-29-49-54-50(30-36)65-48-20-12-18-46-53(48)61(54)52-45(63-46)17-11-19-47(52)64-49/h7-31H,32H2,1-6H3. The van der Waals surface area contributed by atoms with E-state index in [-0.39, 0.29) is 10.8 Å². The number of para-hydroxylation sites is 5. The molecule has 65 heavy (non-hydrogen) atoms. The van der Waals surface area contributed by atoms with Crippen molar-refractivity contribution in [2.45, 2.75) is 81.7 Å². The first-order valence-corrected chi connectivity index (χ1v) is 24.6. The van der Waals surface area contributed by atoms with E-state index in [0.29, 0.717) is 6.67 Å². The minimum Gasteiger partial charge on any atom is -0.457 e. The van der Waals surface area contributed by atoms with Gasteiger partial charge in [-0.1, -0.05) is 119 Å². The van der Waals surface area contributed by atoms with Gasteiger partial charge in [-0.3, -0.25) is 4.57 Å². The molecule has 2 aromatic heterocycles. The van der Waals surface area contributed by atoms with Crippen molar-refractivity contribution >= 4 is 96.9 Å². The van der Waals surface area contributed by atoms with Crippen LogP contribution in [0.3, 0.4) is 0 Å². The Kier molecular flexibility index (Phi) is 8.50. The number of ether oxygens (including phenoxy) is 1. The zero-order valence-corrected chi connectivity index (χ0v) is 39.5. The molecule has 0 atom stereocenters. The van der Waals surface area contributed by atoms with E-state index in [1.165, 1.54) is 85.4 Å². The van der Waals surface area contributed by atoms with Crippen molar-refractivity contribution < 1.29 is 4.74 Å². The summed E-state index contributed by atoms with van der Waals surface area (Å²) < 4.78 is 9.26. The van der Waals surface area contributed by atoms with Crippen LogP contribution >= 0.6 is 35.3 Å². The second-order valence-electron chi connectivity index (χ2n) is 19.4. The molecular weight excluding hydrogens is 855 g/mol. The van der Waals surface area contributed by atoms with Crippen LogP contribution in [0.2, 0.25) is 0 Å². The van der Waals surface area contributed by atoms with Gasteiger partial charge >= 0.3 is 0 Å². The second kappa shape index (κ2) is 14.1. The highest BCUT2D eigenvalue weighted by Gasteiger charge is 2.40. The van der Waals surface area contributed by atoms with Gasteiger partial charge in [0, 0.05) is 69.8 Å². The van der Waals surface area contributed by atoms with Crippen LogP contribution in [0, 0.1) is 0 Å². The molecule has 0 radical (unpaired) electrons. The van der Waals surface area contributed by atoms with Crippen molar-refractivity contribution in [3.63, 3.8) is 0 Å². The van der Waals surface area contributed by atoms with Crippen LogP contribution < -0.4 is 19.4 Å². The molecule has 13 rings (SSSR count). The van der Waals surface area contributed by atoms with Gasteiger partial charge in [-0.15, -0.1) is 0 Å². The zero-order valence-electron chi connectivity index (χ0n) is 37.0. The number of hydrogen-bond donors (Lipinski definition) is 0. The Morgan fingerprint density at radius 3 is 1.69 bits per heavy atom. The van der Waals surface area contributed by atoms with Crippen molar-refractivity contribution in [1.29, 1.82) is 0 Å². The average Bonchev–Trinajstić information content (AvgIpc) is 3.85. The molecule has 6 nitrogen and oxygen atoms in total. The van der Waals surface area contributed by atoms with Gasteiger partial charge in [-0.25, -0.2) is 4.98 Å². The summed E-state index contributed by atoms with van der Waals surface area (Å²) in [5.74, 6) is 2.49. The minimum absolute atomic E-state index is 0.00984. The first-order valence-electron chi connectivity index (χ1n) is 22.2. The normalized spacial score (nSPS) is 14.6. The maximum atomic E-state index is 6.98. The molecular formula is C56H45N5OS3. The summed E-state index contributed by atoms with van der Waals surface area (Å²) in [5.41, 5.74) is 13.1. The van der Waals surface area contributed by atoms with Crippen LogP contribution in [0.1, 0.15) is 52.7 Å². The summed E-state index contributed by atoms with van der Waals surface area (Å²) in [6.07, 6.45) is 1.93. The van der Waals surface area contributed by atoms with Crippen molar-refractivity contribution in [3.8, 4) is 17.3 Å². The molecule has 0 spiro atoms. The van der Waals surface area contributed by atoms with E-state index in [4.69, 9.17) is 9.72 Å².